The summed E-state index contributed by atoms with van der Waals surface area (Å²) in [4.78, 5) is 38.6. The van der Waals surface area contributed by atoms with Crippen molar-refractivity contribution in [3.05, 3.63) is 62.3 Å². The predicted octanol–water partition coefficient (Wildman–Crippen LogP) is 3.17. The smallest absolute Gasteiger partial charge is 0.255 e. The Balaban J connectivity index is 1.65. The van der Waals surface area contributed by atoms with Crippen molar-refractivity contribution >= 4 is 29.2 Å². The minimum absolute atomic E-state index is 0.0723. The molecule has 1 amide bonds. The highest BCUT2D eigenvalue weighted by atomic mass is 32.2. The van der Waals surface area contributed by atoms with Gasteiger partial charge in [0.1, 0.15) is 17.1 Å². The zero-order chi connectivity index (χ0) is 23.8. The number of nitrogens with two attached hydrogens (primary N) is 1. The Kier molecular flexibility index (Phi) is 4.88. The van der Waals surface area contributed by atoms with Gasteiger partial charge < -0.3 is 21.1 Å². The van der Waals surface area contributed by atoms with E-state index < -0.39 is 40.3 Å². The average molecular weight is 468 g/mol. The average Bonchev–Trinajstić information content (AvgIpc) is 3.16. The summed E-state index contributed by atoms with van der Waals surface area (Å²) in [7, 11) is 0. The molecule has 1 unspecified atom stereocenters. The minimum Gasteiger partial charge on any atom is -0.511 e. The second-order valence-electron chi connectivity index (χ2n) is 9.51. The molecule has 0 radical (unpaired) electrons. The molecule has 0 spiro atoms. The van der Waals surface area contributed by atoms with Crippen LogP contribution in [0.15, 0.2) is 45.6 Å². The number of hydrogen-bond donors (Lipinski definition) is 4. The second kappa shape index (κ2) is 7.33. The summed E-state index contributed by atoms with van der Waals surface area (Å²) in [5, 5.41) is 34.7. The van der Waals surface area contributed by atoms with Crippen molar-refractivity contribution in [3.63, 3.8) is 0 Å². The number of aromatic hydroxyl groups is 1. The Hall–Kier alpha value is -2.84. The summed E-state index contributed by atoms with van der Waals surface area (Å²) in [6, 6.07) is 3.42. The summed E-state index contributed by atoms with van der Waals surface area (Å²) >= 11 is 1.70. The van der Waals surface area contributed by atoms with Crippen LogP contribution in [-0.4, -0.2) is 38.4 Å². The van der Waals surface area contributed by atoms with Crippen LogP contribution in [0.5, 0.6) is 5.75 Å². The fourth-order valence-electron chi connectivity index (χ4n) is 6.07. The number of allylic oxidation sites excluding steroid dienone is 3. The summed E-state index contributed by atoms with van der Waals surface area (Å²) in [6.07, 6.45) is 1.58. The van der Waals surface area contributed by atoms with Gasteiger partial charge in [0.2, 0.25) is 5.78 Å². The highest BCUT2D eigenvalue weighted by molar-refractivity contribution is 8.02. The Bertz CT molecular complexity index is 1240. The molecule has 4 atom stereocenters. The van der Waals surface area contributed by atoms with Crippen molar-refractivity contribution in [3.8, 4) is 5.75 Å². The molecule has 8 heteroatoms. The van der Waals surface area contributed by atoms with Crippen LogP contribution in [0.4, 0.5) is 0 Å². The number of fused-ring (bicyclic) bond motifs is 3. The number of primary amides is 1. The van der Waals surface area contributed by atoms with Gasteiger partial charge in [-0.1, -0.05) is 11.6 Å². The fraction of sp³-hybridized carbons (Fsp3) is 0.400. The number of carbonyl (C=O) groups is 3. The zero-order valence-electron chi connectivity index (χ0n) is 18.3. The lowest BCUT2D eigenvalue weighted by Gasteiger charge is -2.47. The zero-order valence-corrected chi connectivity index (χ0v) is 19.2. The number of rotatable bonds is 2. The molecule has 0 fully saturated rings. The first-order valence-electron chi connectivity index (χ1n) is 11.0. The van der Waals surface area contributed by atoms with Gasteiger partial charge in [0.15, 0.2) is 11.4 Å². The lowest BCUT2D eigenvalue weighted by atomic mass is 9.58. The number of Topliss-reactive ketones (excluding diaryl/α,β-unsaturated/α-hetero) is 2. The number of thioether (sulfide) groups is 1. The lowest BCUT2D eigenvalue weighted by molar-refractivity contribution is -0.140. The molecule has 7 nitrogen and oxygen atoms in total. The van der Waals surface area contributed by atoms with E-state index in [9.17, 15) is 29.7 Å². The van der Waals surface area contributed by atoms with E-state index in [4.69, 9.17) is 5.73 Å². The molecule has 33 heavy (non-hydrogen) atoms. The number of phenols is 1. The van der Waals surface area contributed by atoms with E-state index in [-0.39, 0.29) is 34.5 Å². The monoisotopic (exact) mass is 467 g/mol. The third-order valence-electron chi connectivity index (χ3n) is 7.63. The third-order valence-corrected chi connectivity index (χ3v) is 8.92. The van der Waals surface area contributed by atoms with E-state index in [1.165, 1.54) is 18.6 Å². The van der Waals surface area contributed by atoms with Gasteiger partial charge in [0.25, 0.3) is 5.91 Å². The highest BCUT2D eigenvalue weighted by Gasteiger charge is 2.57. The molecule has 1 heterocycles. The Morgan fingerprint density at radius 3 is 2.52 bits per heavy atom. The highest BCUT2D eigenvalue weighted by Crippen LogP contribution is 2.53. The first-order chi connectivity index (χ1) is 15.6. The molecular weight excluding hydrogens is 442 g/mol. The van der Waals surface area contributed by atoms with Gasteiger partial charge in [-0.2, -0.15) is 0 Å². The lowest BCUT2D eigenvalue weighted by Crippen LogP contribution is -2.56. The fourth-order valence-corrected chi connectivity index (χ4v) is 7.29. The van der Waals surface area contributed by atoms with Gasteiger partial charge in [0, 0.05) is 23.2 Å². The van der Waals surface area contributed by atoms with Crippen LogP contribution in [-0.2, 0) is 16.0 Å². The number of aliphatic hydroxyl groups is 2. The summed E-state index contributed by atoms with van der Waals surface area (Å²) in [5.74, 6) is -3.95. The molecule has 5 N–H and O–H groups in total. The molecule has 0 saturated carbocycles. The standard InChI is InChI=1S/C25H25NO6S/c1-10-5-18(33-9-10)14-3-4-16(27)20-15(14)7-12-6-13-8-17(28)21(24(26)31)23(30)25(13,32)11(2)19(12)22(20)29/h3-4,9,12-13,18,27-28,32H,5-8H2,1-2H3,(H2,26,31)/t12-,13+,18?,25-/m1/s1. The maximum absolute atomic E-state index is 13.7. The van der Waals surface area contributed by atoms with E-state index in [0.717, 1.165) is 17.5 Å². The SMILES string of the molecule is CC1=CSC(c2ccc(O)c3c2C[C@H]2C[C@H]4CC(O)=C(C(N)=O)C(=O)[C@@]4(O)C(C)=C2C3=O)C1. The van der Waals surface area contributed by atoms with Gasteiger partial charge in [-0.3, -0.25) is 14.4 Å². The molecule has 1 aromatic carbocycles. The van der Waals surface area contributed by atoms with Crippen molar-refractivity contribution in [1.29, 1.82) is 0 Å². The van der Waals surface area contributed by atoms with Crippen LogP contribution >= 0.6 is 11.8 Å². The summed E-state index contributed by atoms with van der Waals surface area (Å²) in [6.45, 7) is 3.59. The Morgan fingerprint density at radius 1 is 1.15 bits per heavy atom. The molecule has 3 aliphatic carbocycles. The maximum atomic E-state index is 13.7. The number of benzene rings is 1. The van der Waals surface area contributed by atoms with Gasteiger partial charge >= 0.3 is 0 Å². The molecule has 1 aromatic rings. The predicted molar refractivity (Wildman–Crippen MR) is 123 cm³/mol. The number of hydrogen-bond acceptors (Lipinski definition) is 7. The van der Waals surface area contributed by atoms with E-state index in [1.54, 1.807) is 11.8 Å². The van der Waals surface area contributed by atoms with Gasteiger partial charge in [0.05, 0.1) is 5.56 Å². The minimum atomic E-state index is -2.09. The number of ketones is 2. The molecular formula is C25H25NO6S. The van der Waals surface area contributed by atoms with Crippen molar-refractivity contribution in [1.82, 2.24) is 0 Å². The van der Waals surface area contributed by atoms with Crippen molar-refractivity contribution in [2.45, 2.75) is 50.4 Å². The third kappa shape index (κ3) is 2.97. The summed E-state index contributed by atoms with van der Waals surface area (Å²) in [5.41, 5.74) is 6.39. The van der Waals surface area contributed by atoms with Gasteiger partial charge in [-0.25, -0.2) is 0 Å². The quantitative estimate of drug-likeness (QED) is 0.490. The topological polar surface area (TPSA) is 138 Å². The van der Waals surface area contributed by atoms with Gasteiger partial charge in [-0.05, 0) is 67.2 Å². The van der Waals surface area contributed by atoms with Crippen molar-refractivity contribution in [2.75, 3.05) is 0 Å². The normalized spacial score (nSPS) is 31.2. The van der Waals surface area contributed by atoms with Crippen LogP contribution < -0.4 is 5.73 Å². The van der Waals surface area contributed by atoms with Gasteiger partial charge in [-0.15, -0.1) is 11.8 Å². The number of aliphatic hydroxyl groups excluding tert-OH is 1. The largest absolute Gasteiger partial charge is 0.511 e. The number of phenolic OH excluding ortho intramolecular Hbond substituents is 1. The van der Waals surface area contributed by atoms with E-state index in [0.29, 0.717) is 18.4 Å². The van der Waals surface area contributed by atoms with Crippen LogP contribution in [0.2, 0.25) is 0 Å². The summed E-state index contributed by atoms with van der Waals surface area (Å²) < 4.78 is 0. The first kappa shape index (κ1) is 22.0. The van der Waals surface area contributed by atoms with E-state index in [2.05, 4.69) is 12.3 Å². The Labute approximate surface area is 195 Å². The van der Waals surface area contributed by atoms with E-state index in [1.807, 2.05) is 6.07 Å². The van der Waals surface area contributed by atoms with Crippen molar-refractivity contribution in [2.24, 2.45) is 17.6 Å². The second-order valence-corrected chi connectivity index (χ2v) is 10.6. The first-order valence-corrected chi connectivity index (χ1v) is 11.9. The molecule has 0 saturated heterocycles. The molecule has 4 aliphatic rings. The van der Waals surface area contributed by atoms with Crippen LogP contribution in [0.1, 0.15) is 59.8 Å². The molecule has 172 valence electrons. The molecule has 1 aliphatic heterocycles. The molecule has 0 bridgehead atoms. The van der Waals surface area contributed by atoms with Crippen LogP contribution in [0, 0.1) is 11.8 Å². The molecule has 5 rings (SSSR count). The van der Waals surface area contributed by atoms with Crippen LogP contribution in [0.25, 0.3) is 0 Å². The Morgan fingerprint density at radius 2 is 1.88 bits per heavy atom. The maximum Gasteiger partial charge on any atom is 0.255 e. The van der Waals surface area contributed by atoms with Crippen LogP contribution in [0.3, 0.4) is 0 Å². The van der Waals surface area contributed by atoms with E-state index >= 15 is 0 Å². The molecule has 0 aromatic heterocycles. The number of amides is 1. The van der Waals surface area contributed by atoms with Crippen molar-refractivity contribution < 1.29 is 29.7 Å². The number of carbonyl (C=O) groups excluding carboxylic acids is 3.